The minimum atomic E-state index is -0.422. The predicted octanol–water partition coefficient (Wildman–Crippen LogP) is -1.96. The summed E-state index contributed by atoms with van der Waals surface area (Å²) in [7, 11) is 0. The van der Waals surface area contributed by atoms with Crippen LogP contribution in [0.5, 0.6) is 0 Å². The second kappa shape index (κ2) is 10.4. The number of ether oxygens (including phenoxy) is 1. The maximum absolute atomic E-state index is 11.8. The molecule has 2 amide bonds. The van der Waals surface area contributed by atoms with Gasteiger partial charge in [-0.25, -0.2) is 4.98 Å². The van der Waals surface area contributed by atoms with E-state index in [1.165, 1.54) is 29.6 Å². The van der Waals surface area contributed by atoms with Crippen molar-refractivity contribution in [3.05, 3.63) is 36.1 Å². The molecule has 2 rings (SSSR count). The number of quaternary nitrogens is 1. The largest absolute Gasteiger partial charge is 0.370 e. The fraction of sp³-hybridized carbons (Fsp3) is 0.500. The van der Waals surface area contributed by atoms with E-state index in [9.17, 15) is 9.59 Å². The molecule has 1 saturated heterocycles. The number of carbonyl (C=O) groups excluding carboxylic acids is 2. The van der Waals surface area contributed by atoms with Crippen molar-refractivity contribution in [1.82, 2.24) is 26.1 Å². The number of nitrogens with zero attached hydrogens (tertiary/aromatic N) is 2. The van der Waals surface area contributed by atoms with Crippen LogP contribution in [0.4, 0.5) is 0 Å². The first-order chi connectivity index (χ1) is 12.1. The molecule has 0 spiro atoms. The van der Waals surface area contributed by atoms with Crippen LogP contribution in [-0.4, -0.2) is 61.2 Å². The summed E-state index contributed by atoms with van der Waals surface area (Å²) in [5.41, 5.74) is 5.84. The van der Waals surface area contributed by atoms with E-state index in [1.807, 2.05) is 0 Å². The Balaban J connectivity index is 1.61. The van der Waals surface area contributed by atoms with E-state index in [4.69, 9.17) is 4.74 Å². The summed E-state index contributed by atoms with van der Waals surface area (Å²) in [6.45, 7) is 7.03. The Kier molecular flexibility index (Phi) is 7.80. The van der Waals surface area contributed by atoms with Crippen LogP contribution in [0.1, 0.15) is 23.8 Å². The van der Waals surface area contributed by atoms with Crippen molar-refractivity contribution in [3.63, 3.8) is 0 Å². The number of nitrogens with one attached hydrogen (secondary N) is 4. The standard InChI is InChI=1S/C16H24N6O3/c1-13(20-21-16(24)14-12-17-4-5-18-14)11-15(23)19-3-2-6-22-7-9-25-10-8-22/h4-5,11-12,20H,2-3,6-10H2,1H3,(H,19,23)(H,21,24)/p+1/b13-11-. The van der Waals surface area contributed by atoms with E-state index < -0.39 is 5.91 Å². The van der Waals surface area contributed by atoms with Gasteiger partial charge < -0.3 is 20.4 Å². The molecule has 4 N–H and O–H groups in total. The molecule has 0 radical (unpaired) electrons. The fourth-order valence-electron chi connectivity index (χ4n) is 2.38. The fourth-order valence-corrected chi connectivity index (χ4v) is 2.38. The van der Waals surface area contributed by atoms with Crippen LogP contribution in [0.25, 0.3) is 0 Å². The summed E-state index contributed by atoms with van der Waals surface area (Å²) in [5, 5.41) is 2.84. The summed E-state index contributed by atoms with van der Waals surface area (Å²) in [6, 6.07) is 0. The first-order valence-corrected chi connectivity index (χ1v) is 8.35. The number of morpholine rings is 1. The molecule has 1 aromatic rings. The number of allylic oxidation sites excluding steroid dienone is 1. The third kappa shape index (κ3) is 7.27. The van der Waals surface area contributed by atoms with Crippen LogP contribution in [0.3, 0.4) is 0 Å². The molecule has 0 unspecified atom stereocenters. The highest BCUT2D eigenvalue weighted by Crippen LogP contribution is 1.90. The Morgan fingerprint density at radius 2 is 2.08 bits per heavy atom. The average molecular weight is 349 g/mol. The van der Waals surface area contributed by atoms with Crippen molar-refractivity contribution < 1.29 is 19.2 Å². The van der Waals surface area contributed by atoms with E-state index in [-0.39, 0.29) is 11.6 Å². The summed E-state index contributed by atoms with van der Waals surface area (Å²) < 4.78 is 5.31. The molecule has 0 bridgehead atoms. The van der Waals surface area contributed by atoms with Gasteiger partial charge in [0.15, 0.2) is 0 Å². The van der Waals surface area contributed by atoms with E-state index in [1.54, 1.807) is 6.92 Å². The molecule has 1 aromatic heterocycles. The van der Waals surface area contributed by atoms with E-state index in [2.05, 4.69) is 26.1 Å². The van der Waals surface area contributed by atoms with Gasteiger partial charge in [-0.2, -0.15) is 0 Å². The van der Waals surface area contributed by atoms with E-state index in [0.717, 1.165) is 39.3 Å². The van der Waals surface area contributed by atoms with Crippen LogP contribution < -0.4 is 21.1 Å². The highest BCUT2D eigenvalue weighted by atomic mass is 16.5. The Hall–Kier alpha value is -2.52. The van der Waals surface area contributed by atoms with Gasteiger partial charge in [-0.05, 0) is 6.92 Å². The molecule has 9 nitrogen and oxygen atoms in total. The molecule has 0 saturated carbocycles. The minimum absolute atomic E-state index is 0.192. The number of hydrogen-bond donors (Lipinski definition) is 4. The van der Waals surface area contributed by atoms with Crippen LogP contribution in [0.2, 0.25) is 0 Å². The van der Waals surface area contributed by atoms with Crippen LogP contribution in [0, 0.1) is 0 Å². The van der Waals surface area contributed by atoms with Gasteiger partial charge >= 0.3 is 0 Å². The van der Waals surface area contributed by atoms with Gasteiger partial charge in [-0.3, -0.25) is 20.0 Å². The molecule has 0 aromatic carbocycles. The van der Waals surface area contributed by atoms with Crippen LogP contribution >= 0.6 is 0 Å². The Bertz CT molecular complexity index is 587. The van der Waals surface area contributed by atoms with Gasteiger partial charge in [0.1, 0.15) is 18.8 Å². The normalized spacial score (nSPS) is 15.5. The van der Waals surface area contributed by atoms with Crippen LogP contribution in [0.15, 0.2) is 30.4 Å². The molecular weight excluding hydrogens is 324 g/mol. The molecule has 25 heavy (non-hydrogen) atoms. The Morgan fingerprint density at radius 3 is 2.80 bits per heavy atom. The molecular formula is C16H25N6O3+. The molecule has 9 heteroatoms. The molecule has 0 atom stereocenters. The Labute approximate surface area is 146 Å². The minimum Gasteiger partial charge on any atom is -0.370 e. The third-order valence-corrected chi connectivity index (χ3v) is 3.72. The molecule has 1 fully saturated rings. The number of hydrazine groups is 1. The lowest BCUT2D eigenvalue weighted by atomic mass is 10.3. The van der Waals surface area contributed by atoms with Gasteiger partial charge in [0.25, 0.3) is 5.91 Å². The number of hydrogen-bond acceptors (Lipinski definition) is 6. The topological polar surface area (TPSA) is 110 Å². The van der Waals surface area contributed by atoms with Crippen molar-refractivity contribution in [3.8, 4) is 0 Å². The lowest BCUT2D eigenvalue weighted by Crippen LogP contribution is -3.14. The van der Waals surface area contributed by atoms with Crippen molar-refractivity contribution in [2.45, 2.75) is 13.3 Å². The summed E-state index contributed by atoms with van der Waals surface area (Å²) in [5.74, 6) is -0.620. The Morgan fingerprint density at radius 1 is 1.28 bits per heavy atom. The first-order valence-electron chi connectivity index (χ1n) is 8.35. The maximum atomic E-state index is 11.8. The second-order valence-electron chi connectivity index (χ2n) is 5.75. The maximum Gasteiger partial charge on any atom is 0.289 e. The number of carbonyl (C=O) groups is 2. The van der Waals surface area contributed by atoms with Gasteiger partial charge in [0.2, 0.25) is 5.91 Å². The van der Waals surface area contributed by atoms with Crippen molar-refractivity contribution in [2.24, 2.45) is 0 Å². The molecule has 1 aliphatic rings. The zero-order chi connectivity index (χ0) is 17.9. The zero-order valence-corrected chi connectivity index (χ0v) is 14.4. The molecule has 0 aliphatic carbocycles. The molecule has 1 aliphatic heterocycles. The molecule has 136 valence electrons. The van der Waals surface area contributed by atoms with Gasteiger partial charge in [0, 0.05) is 37.1 Å². The van der Waals surface area contributed by atoms with Crippen LogP contribution in [-0.2, 0) is 9.53 Å². The van der Waals surface area contributed by atoms with Crippen molar-refractivity contribution in [2.75, 3.05) is 39.4 Å². The van der Waals surface area contributed by atoms with E-state index in [0.29, 0.717) is 12.2 Å². The zero-order valence-electron chi connectivity index (χ0n) is 14.4. The van der Waals surface area contributed by atoms with Gasteiger partial charge in [0.05, 0.1) is 26.0 Å². The van der Waals surface area contributed by atoms with Crippen molar-refractivity contribution in [1.29, 1.82) is 0 Å². The van der Waals surface area contributed by atoms with Gasteiger partial charge in [-0.15, -0.1) is 0 Å². The highest BCUT2D eigenvalue weighted by Gasteiger charge is 2.12. The SMILES string of the molecule is C/C(=C/C(=O)NCCC[NH+]1CCOCC1)NNC(=O)c1cnccn1. The summed E-state index contributed by atoms with van der Waals surface area (Å²) in [4.78, 5) is 32.8. The molecule has 2 heterocycles. The quantitative estimate of drug-likeness (QED) is 0.246. The predicted molar refractivity (Wildman–Crippen MR) is 90.4 cm³/mol. The number of aromatic nitrogens is 2. The number of amides is 2. The monoisotopic (exact) mass is 349 g/mol. The van der Waals surface area contributed by atoms with E-state index >= 15 is 0 Å². The summed E-state index contributed by atoms with van der Waals surface area (Å²) >= 11 is 0. The smallest absolute Gasteiger partial charge is 0.289 e. The van der Waals surface area contributed by atoms with Crippen molar-refractivity contribution >= 4 is 11.8 Å². The first kappa shape index (κ1) is 18.8. The lowest BCUT2D eigenvalue weighted by Gasteiger charge is -2.23. The highest BCUT2D eigenvalue weighted by molar-refractivity contribution is 5.92. The third-order valence-electron chi connectivity index (χ3n) is 3.72. The second-order valence-corrected chi connectivity index (χ2v) is 5.75. The average Bonchev–Trinajstić information content (AvgIpc) is 2.65. The summed E-state index contributed by atoms with van der Waals surface area (Å²) in [6.07, 6.45) is 6.60. The number of rotatable bonds is 8. The van der Waals surface area contributed by atoms with Gasteiger partial charge in [-0.1, -0.05) is 0 Å². The lowest BCUT2D eigenvalue weighted by molar-refractivity contribution is -0.908.